The van der Waals surface area contributed by atoms with Crippen LogP contribution in [-0.4, -0.2) is 26.4 Å². The van der Waals surface area contributed by atoms with Crippen LogP contribution in [0.3, 0.4) is 0 Å². The van der Waals surface area contributed by atoms with E-state index in [-0.39, 0.29) is 17.1 Å². The van der Waals surface area contributed by atoms with Crippen molar-refractivity contribution in [2.24, 2.45) is 0 Å². The second-order valence-electron chi connectivity index (χ2n) is 5.72. The molecule has 0 saturated carbocycles. The van der Waals surface area contributed by atoms with Gasteiger partial charge in [0.25, 0.3) is 5.56 Å². The maximum Gasteiger partial charge on any atom is 0.313 e. The number of hydrogen-bond donors (Lipinski definition) is 1. The quantitative estimate of drug-likeness (QED) is 0.481. The lowest BCUT2D eigenvalue weighted by molar-refractivity contribution is -0.133. The lowest BCUT2D eigenvalue weighted by atomic mass is 10.2. The Bertz CT molecular complexity index is 996. The third-order valence-corrected chi connectivity index (χ3v) is 5.91. The zero-order valence-corrected chi connectivity index (χ0v) is 15.7. The highest BCUT2D eigenvalue weighted by molar-refractivity contribution is 7.99. The van der Waals surface area contributed by atoms with Crippen LogP contribution in [-0.2, 0) is 11.3 Å². The second kappa shape index (κ2) is 8.01. The Balaban J connectivity index is 2.09. The number of unbranched alkanes of at least 4 members (excludes halogenated alkanes) is 1. The van der Waals surface area contributed by atoms with E-state index in [9.17, 15) is 14.0 Å². The molecule has 0 aliphatic rings. The standard InChI is InChI=1S/C18H17FN2O3S2/c1-2-3-8-21-17(24)16-13(20-18(21)25-10-15(22)23)9-14(26-16)11-4-6-12(19)7-5-11/h4-7,9H,2-3,8,10H2,1H3,(H,22,23). The molecule has 26 heavy (non-hydrogen) atoms. The van der Waals surface area contributed by atoms with Gasteiger partial charge in [-0.15, -0.1) is 11.3 Å². The Labute approximate surface area is 157 Å². The van der Waals surface area contributed by atoms with Gasteiger partial charge in [-0.3, -0.25) is 14.2 Å². The monoisotopic (exact) mass is 392 g/mol. The number of thiophene rings is 1. The summed E-state index contributed by atoms with van der Waals surface area (Å²) in [4.78, 5) is 29.2. The third-order valence-electron chi connectivity index (χ3n) is 3.79. The van der Waals surface area contributed by atoms with Crippen LogP contribution in [0.5, 0.6) is 0 Å². The molecule has 5 nitrogen and oxygen atoms in total. The first kappa shape index (κ1) is 18.6. The molecule has 0 aliphatic heterocycles. The average molecular weight is 392 g/mol. The number of hydrogen-bond acceptors (Lipinski definition) is 5. The van der Waals surface area contributed by atoms with Crippen molar-refractivity contribution in [2.75, 3.05) is 5.75 Å². The molecule has 0 aliphatic carbocycles. The molecule has 2 heterocycles. The minimum Gasteiger partial charge on any atom is -0.481 e. The molecule has 1 N–H and O–H groups in total. The smallest absolute Gasteiger partial charge is 0.313 e. The Hall–Kier alpha value is -2.19. The maximum absolute atomic E-state index is 13.1. The fraction of sp³-hybridized carbons (Fsp3) is 0.278. The van der Waals surface area contributed by atoms with Gasteiger partial charge < -0.3 is 5.11 Å². The van der Waals surface area contributed by atoms with E-state index in [2.05, 4.69) is 4.98 Å². The lowest BCUT2D eigenvalue weighted by Gasteiger charge is -2.10. The normalized spacial score (nSPS) is 11.2. The van der Waals surface area contributed by atoms with Crippen molar-refractivity contribution in [3.8, 4) is 10.4 Å². The summed E-state index contributed by atoms with van der Waals surface area (Å²) in [6.45, 7) is 2.53. The van der Waals surface area contributed by atoms with Crippen LogP contribution in [0.1, 0.15) is 19.8 Å². The summed E-state index contributed by atoms with van der Waals surface area (Å²) in [7, 11) is 0. The molecule has 0 unspecified atom stereocenters. The van der Waals surface area contributed by atoms with Crippen molar-refractivity contribution >= 4 is 39.3 Å². The van der Waals surface area contributed by atoms with E-state index in [4.69, 9.17) is 5.11 Å². The van der Waals surface area contributed by atoms with Gasteiger partial charge in [0.1, 0.15) is 10.5 Å². The number of aliphatic carboxylic acids is 1. The number of fused-ring (bicyclic) bond motifs is 1. The average Bonchev–Trinajstić information content (AvgIpc) is 3.04. The minimum absolute atomic E-state index is 0.154. The van der Waals surface area contributed by atoms with Crippen molar-refractivity contribution in [2.45, 2.75) is 31.5 Å². The van der Waals surface area contributed by atoms with Crippen molar-refractivity contribution in [1.82, 2.24) is 9.55 Å². The van der Waals surface area contributed by atoms with E-state index in [1.54, 1.807) is 22.8 Å². The predicted octanol–water partition coefficient (Wildman–Crippen LogP) is 4.24. The first-order chi connectivity index (χ1) is 12.5. The van der Waals surface area contributed by atoms with E-state index in [1.807, 2.05) is 6.92 Å². The Morgan fingerprint density at radius 2 is 2.08 bits per heavy atom. The zero-order chi connectivity index (χ0) is 18.7. The molecule has 0 spiro atoms. The SMILES string of the molecule is CCCCn1c(SCC(=O)O)nc2cc(-c3ccc(F)cc3)sc2c1=O. The maximum atomic E-state index is 13.1. The van der Waals surface area contributed by atoms with E-state index >= 15 is 0 Å². The van der Waals surface area contributed by atoms with Crippen LogP contribution in [0.15, 0.2) is 40.3 Å². The molecule has 0 fully saturated rings. The van der Waals surface area contributed by atoms with Gasteiger partial charge in [-0.05, 0) is 30.2 Å². The summed E-state index contributed by atoms with van der Waals surface area (Å²) in [6, 6.07) is 7.87. The largest absolute Gasteiger partial charge is 0.481 e. The number of rotatable bonds is 7. The first-order valence-corrected chi connectivity index (χ1v) is 9.94. The van der Waals surface area contributed by atoms with Gasteiger partial charge in [0, 0.05) is 11.4 Å². The van der Waals surface area contributed by atoms with Gasteiger partial charge in [-0.1, -0.05) is 37.2 Å². The van der Waals surface area contributed by atoms with E-state index in [0.717, 1.165) is 35.0 Å². The number of thioether (sulfide) groups is 1. The number of nitrogens with zero attached hydrogens (tertiary/aromatic N) is 2. The van der Waals surface area contributed by atoms with Crippen LogP contribution in [0, 0.1) is 5.82 Å². The number of benzene rings is 1. The highest BCUT2D eigenvalue weighted by Gasteiger charge is 2.16. The number of carboxylic acid groups (broad SMARTS) is 1. The third kappa shape index (κ3) is 3.96. The van der Waals surface area contributed by atoms with Crippen molar-refractivity contribution in [3.63, 3.8) is 0 Å². The Kier molecular flexibility index (Phi) is 5.73. The molecule has 0 saturated heterocycles. The van der Waals surface area contributed by atoms with Crippen molar-refractivity contribution in [1.29, 1.82) is 0 Å². The van der Waals surface area contributed by atoms with Gasteiger partial charge in [-0.25, -0.2) is 9.37 Å². The molecule has 2 aromatic heterocycles. The molecule has 3 aromatic rings. The molecule has 3 rings (SSSR count). The molecule has 1 aromatic carbocycles. The molecular weight excluding hydrogens is 375 g/mol. The Morgan fingerprint density at radius 1 is 1.35 bits per heavy atom. The Morgan fingerprint density at radius 3 is 2.73 bits per heavy atom. The van der Waals surface area contributed by atoms with Crippen molar-refractivity contribution in [3.05, 3.63) is 46.5 Å². The van der Waals surface area contributed by atoms with Crippen LogP contribution >= 0.6 is 23.1 Å². The summed E-state index contributed by atoms with van der Waals surface area (Å²) in [5, 5.41) is 9.35. The van der Waals surface area contributed by atoms with Gasteiger partial charge >= 0.3 is 5.97 Å². The number of halogens is 1. The molecule has 136 valence electrons. The van der Waals surface area contributed by atoms with E-state index in [0.29, 0.717) is 21.9 Å². The summed E-state index contributed by atoms with van der Waals surface area (Å²) in [6.07, 6.45) is 1.72. The summed E-state index contributed by atoms with van der Waals surface area (Å²) < 4.78 is 15.2. The molecule has 0 amide bonds. The lowest BCUT2D eigenvalue weighted by Crippen LogP contribution is -2.23. The van der Waals surface area contributed by atoms with Crippen LogP contribution < -0.4 is 5.56 Å². The predicted molar refractivity (Wildman–Crippen MR) is 103 cm³/mol. The molecule has 8 heteroatoms. The first-order valence-electron chi connectivity index (χ1n) is 8.14. The van der Waals surface area contributed by atoms with Gasteiger partial charge in [0.2, 0.25) is 0 Å². The molecule has 0 bridgehead atoms. The summed E-state index contributed by atoms with van der Waals surface area (Å²) in [5.74, 6) is -1.43. The van der Waals surface area contributed by atoms with Crippen LogP contribution in [0.25, 0.3) is 20.7 Å². The second-order valence-corrected chi connectivity index (χ2v) is 7.71. The fourth-order valence-corrected chi connectivity index (χ4v) is 4.29. The van der Waals surface area contributed by atoms with Gasteiger partial charge in [-0.2, -0.15) is 0 Å². The molecular formula is C18H17FN2O3S2. The van der Waals surface area contributed by atoms with Crippen LogP contribution in [0.4, 0.5) is 4.39 Å². The molecule has 0 radical (unpaired) electrons. The number of carbonyl (C=O) groups is 1. The highest BCUT2D eigenvalue weighted by Crippen LogP contribution is 2.32. The minimum atomic E-state index is -0.955. The summed E-state index contributed by atoms with van der Waals surface area (Å²) >= 11 is 2.37. The van der Waals surface area contributed by atoms with Gasteiger partial charge in [0.05, 0.1) is 11.3 Å². The topological polar surface area (TPSA) is 72.2 Å². The molecule has 0 atom stereocenters. The zero-order valence-electron chi connectivity index (χ0n) is 14.1. The summed E-state index contributed by atoms with van der Waals surface area (Å²) in [5.41, 5.74) is 1.20. The fourth-order valence-electron chi connectivity index (χ4n) is 2.50. The van der Waals surface area contributed by atoms with Gasteiger partial charge in [0.15, 0.2) is 5.16 Å². The van der Waals surface area contributed by atoms with Crippen molar-refractivity contribution < 1.29 is 14.3 Å². The van der Waals surface area contributed by atoms with E-state index in [1.165, 1.54) is 23.5 Å². The van der Waals surface area contributed by atoms with E-state index < -0.39 is 5.97 Å². The number of carboxylic acids is 1. The van der Waals surface area contributed by atoms with Crippen LogP contribution in [0.2, 0.25) is 0 Å². The highest BCUT2D eigenvalue weighted by atomic mass is 32.2. The number of aromatic nitrogens is 2.